The van der Waals surface area contributed by atoms with Gasteiger partial charge < -0.3 is 10.2 Å². The fourth-order valence-electron chi connectivity index (χ4n) is 3.81. The van der Waals surface area contributed by atoms with Gasteiger partial charge in [-0.2, -0.15) is 0 Å². The first-order chi connectivity index (χ1) is 16.9. The topological polar surface area (TPSA) is 73.1 Å². The van der Waals surface area contributed by atoms with Gasteiger partial charge in [-0.1, -0.05) is 51.5 Å². The van der Waals surface area contributed by atoms with Crippen molar-refractivity contribution in [2.24, 2.45) is 5.92 Å². The average Bonchev–Trinajstić information content (AvgIpc) is 3.13. The molecule has 0 atom stereocenters. The van der Waals surface area contributed by atoms with Crippen molar-refractivity contribution < 1.29 is 0 Å². The lowest BCUT2D eigenvalue weighted by atomic mass is 10.00. The van der Waals surface area contributed by atoms with E-state index in [0.29, 0.717) is 11.6 Å². The van der Waals surface area contributed by atoms with Gasteiger partial charge in [0.05, 0.1) is 5.69 Å². The molecule has 188 valence electrons. The lowest BCUT2D eigenvalue weighted by molar-refractivity contribution is 0.626. The van der Waals surface area contributed by atoms with Crippen LogP contribution in [0.3, 0.4) is 0 Å². The second-order valence-electron chi connectivity index (χ2n) is 9.34. The molecule has 2 heterocycles. The summed E-state index contributed by atoms with van der Waals surface area (Å²) >= 11 is 1.45. The van der Waals surface area contributed by atoms with Crippen LogP contribution >= 0.6 is 11.9 Å². The van der Waals surface area contributed by atoms with Crippen molar-refractivity contribution in [3.63, 3.8) is 0 Å². The van der Waals surface area contributed by atoms with Gasteiger partial charge in [0.1, 0.15) is 0 Å². The maximum atomic E-state index is 12.3. The third-order valence-corrected chi connectivity index (χ3v) is 6.87. The third-order valence-electron chi connectivity index (χ3n) is 6.08. The van der Waals surface area contributed by atoms with Crippen molar-refractivity contribution >= 4 is 23.6 Å². The molecule has 35 heavy (non-hydrogen) atoms. The third kappa shape index (κ3) is 8.15. The van der Waals surface area contributed by atoms with Crippen LogP contribution < -0.4 is 20.5 Å². The Hall–Kier alpha value is -2.77. The molecule has 1 aromatic heterocycles. The zero-order valence-electron chi connectivity index (χ0n) is 21.6. The normalized spacial score (nSPS) is 13.7. The highest BCUT2D eigenvalue weighted by Crippen LogP contribution is 2.27. The summed E-state index contributed by atoms with van der Waals surface area (Å²) in [5.74, 6) is 1.34. The monoisotopic (exact) mass is 493 g/mol. The quantitative estimate of drug-likeness (QED) is 0.365. The summed E-state index contributed by atoms with van der Waals surface area (Å²) in [6.07, 6.45) is 2.45. The maximum Gasteiger partial charge on any atom is 0.252 e. The van der Waals surface area contributed by atoms with E-state index >= 15 is 0 Å². The molecule has 3 aromatic rings. The van der Waals surface area contributed by atoms with Crippen molar-refractivity contribution in [2.75, 3.05) is 35.8 Å². The van der Waals surface area contributed by atoms with E-state index in [1.807, 2.05) is 32.0 Å². The number of nitrogens with one attached hydrogen (secondary N) is 3. The van der Waals surface area contributed by atoms with Crippen molar-refractivity contribution in [3.05, 3.63) is 70.0 Å². The summed E-state index contributed by atoms with van der Waals surface area (Å²) in [7, 11) is 0. The van der Waals surface area contributed by atoms with Crippen molar-refractivity contribution in [2.45, 2.75) is 52.4 Å². The maximum absolute atomic E-state index is 12.3. The van der Waals surface area contributed by atoms with Gasteiger partial charge in [0.15, 0.2) is 0 Å². The van der Waals surface area contributed by atoms with Crippen LogP contribution in [-0.2, 0) is 0 Å². The van der Waals surface area contributed by atoms with E-state index < -0.39 is 0 Å². The highest BCUT2D eigenvalue weighted by molar-refractivity contribution is 8.00. The molecule has 1 aliphatic heterocycles. The van der Waals surface area contributed by atoms with Crippen LogP contribution in [0.25, 0.3) is 11.3 Å². The van der Waals surface area contributed by atoms with E-state index in [-0.39, 0.29) is 5.56 Å². The Labute approximate surface area is 214 Å². The molecule has 0 amide bonds. The number of nitrogens with zero attached hydrogens (tertiary/aromatic N) is 2. The Morgan fingerprint density at radius 2 is 1.77 bits per heavy atom. The first-order valence-electron chi connectivity index (χ1n) is 12.5. The van der Waals surface area contributed by atoms with E-state index in [9.17, 15) is 4.79 Å². The molecule has 0 unspecified atom stereocenters. The zero-order chi connectivity index (χ0) is 25.2. The smallest absolute Gasteiger partial charge is 0.252 e. The second-order valence-corrected chi connectivity index (χ2v) is 10.2. The van der Waals surface area contributed by atoms with Gasteiger partial charge >= 0.3 is 0 Å². The summed E-state index contributed by atoms with van der Waals surface area (Å²) < 4.78 is 3.21. The van der Waals surface area contributed by atoms with Gasteiger partial charge in [-0.15, -0.1) is 0 Å². The molecule has 1 saturated heterocycles. The largest absolute Gasteiger partial charge is 0.370 e. The van der Waals surface area contributed by atoms with Crippen molar-refractivity contribution in [3.8, 4) is 11.3 Å². The Morgan fingerprint density at radius 1 is 1.06 bits per heavy atom. The lowest BCUT2D eigenvalue weighted by Crippen LogP contribution is -2.27. The summed E-state index contributed by atoms with van der Waals surface area (Å²) in [5, 5.41) is 3.44. The van der Waals surface area contributed by atoms with Crippen LogP contribution in [0.4, 0.5) is 11.6 Å². The molecule has 4 rings (SSSR count). The molecule has 7 heteroatoms. The number of rotatable bonds is 6. The number of anilines is 2. The standard InChI is InChI=1S/C23H27N5OS.C5H12/c1-16-6-3-7-17(2)22(16)20-15-21(29)26-23(25-20)27-30-19-9-4-8-18(14-19)28-12-5-10-24-11-13-28;1-4-5(2)3/h3-4,6-9,14-15,24H,5,10-13H2,1-2H3,(H2,25,26,27,29);5H,4H2,1-3H3. The van der Waals surface area contributed by atoms with E-state index in [1.54, 1.807) is 6.07 Å². The number of aryl methyl sites for hydroxylation is 2. The van der Waals surface area contributed by atoms with Crippen LogP contribution in [0, 0.1) is 19.8 Å². The van der Waals surface area contributed by atoms with Crippen molar-refractivity contribution in [1.29, 1.82) is 0 Å². The highest BCUT2D eigenvalue weighted by Gasteiger charge is 2.12. The van der Waals surface area contributed by atoms with Gasteiger partial charge in [-0.3, -0.25) is 14.5 Å². The molecule has 0 radical (unpaired) electrons. The summed E-state index contributed by atoms with van der Waals surface area (Å²) in [4.78, 5) is 23.2. The first-order valence-corrected chi connectivity index (χ1v) is 13.4. The Kier molecular flexibility index (Phi) is 10.2. The molecule has 0 saturated carbocycles. The fraction of sp³-hybridized carbons (Fsp3) is 0.429. The summed E-state index contributed by atoms with van der Waals surface area (Å²) in [6, 6.07) is 16.1. The van der Waals surface area contributed by atoms with Gasteiger partial charge in [-0.05, 0) is 74.0 Å². The minimum absolute atomic E-state index is 0.170. The minimum atomic E-state index is -0.170. The predicted molar refractivity (Wildman–Crippen MR) is 151 cm³/mol. The van der Waals surface area contributed by atoms with Gasteiger partial charge in [0.2, 0.25) is 5.95 Å². The van der Waals surface area contributed by atoms with Crippen molar-refractivity contribution in [1.82, 2.24) is 15.3 Å². The molecule has 1 fully saturated rings. The molecule has 2 aromatic carbocycles. The second kappa shape index (κ2) is 13.4. The number of aromatic amines is 1. The molecular formula is C28H39N5OS. The SMILES string of the molecule is CCC(C)C.Cc1cccc(C)c1-c1cc(=O)[nH]c(NSc2cccc(N3CCCNCC3)c2)n1. The molecule has 1 aliphatic rings. The highest BCUT2D eigenvalue weighted by atomic mass is 32.2. The average molecular weight is 494 g/mol. The molecule has 0 bridgehead atoms. The van der Waals surface area contributed by atoms with Crippen LogP contribution in [0.5, 0.6) is 0 Å². The van der Waals surface area contributed by atoms with Gasteiger partial charge in [-0.25, -0.2) is 4.98 Å². The number of H-pyrrole nitrogens is 1. The number of aromatic nitrogens is 2. The van der Waals surface area contributed by atoms with E-state index in [2.05, 4.69) is 69.9 Å². The van der Waals surface area contributed by atoms with Crippen LogP contribution in [-0.4, -0.2) is 36.1 Å². The Balaban J connectivity index is 0.000000623. The Bertz CT molecular complexity index is 1120. The minimum Gasteiger partial charge on any atom is -0.370 e. The predicted octanol–water partition coefficient (Wildman–Crippen LogP) is 6.03. The number of hydrogen-bond acceptors (Lipinski definition) is 6. The Morgan fingerprint density at radius 3 is 2.49 bits per heavy atom. The molecule has 6 nitrogen and oxygen atoms in total. The van der Waals surface area contributed by atoms with Gasteiger partial charge in [0, 0.05) is 41.8 Å². The van der Waals surface area contributed by atoms with Crippen LogP contribution in [0.15, 0.2) is 58.2 Å². The van der Waals surface area contributed by atoms with E-state index in [4.69, 9.17) is 0 Å². The number of hydrogen-bond donors (Lipinski definition) is 3. The summed E-state index contributed by atoms with van der Waals surface area (Å²) in [6.45, 7) is 14.9. The molecule has 0 aliphatic carbocycles. The zero-order valence-corrected chi connectivity index (χ0v) is 22.5. The van der Waals surface area contributed by atoms with Crippen LogP contribution in [0.2, 0.25) is 0 Å². The fourth-order valence-corrected chi connectivity index (χ4v) is 4.44. The first kappa shape index (κ1) is 26.8. The lowest BCUT2D eigenvalue weighted by Gasteiger charge is -2.22. The summed E-state index contributed by atoms with van der Waals surface area (Å²) in [5.41, 5.74) is 4.95. The van der Waals surface area contributed by atoms with E-state index in [1.165, 1.54) is 24.1 Å². The van der Waals surface area contributed by atoms with Gasteiger partial charge in [0.25, 0.3) is 5.56 Å². The van der Waals surface area contributed by atoms with E-state index in [0.717, 1.165) is 60.1 Å². The molecular weight excluding hydrogens is 454 g/mol. The van der Waals surface area contributed by atoms with Crippen LogP contribution in [0.1, 0.15) is 44.7 Å². The number of benzene rings is 2. The molecule has 0 spiro atoms. The molecule has 3 N–H and O–H groups in total.